The number of allylic oxidation sites excluding steroid dienone is 1. The van der Waals surface area contributed by atoms with Gasteiger partial charge in [-0.2, -0.15) is 0 Å². The second-order valence-electron chi connectivity index (χ2n) is 1.81. The zero-order valence-electron chi connectivity index (χ0n) is 6.33. The topological polar surface area (TPSA) is 0 Å². The van der Waals surface area contributed by atoms with E-state index in [1.165, 1.54) is 5.56 Å². The molecule has 1 aromatic rings. The number of halogens is 1. The Hall–Kier alpha value is 0.0762. The van der Waals surface area contributed by atoms with E-state index in [0.29, 0.717) is 0 Å². The van der Waals surface area contributed by atoms with Crippen molar-refractivity contribution in [1.82, 2.24) is 0 Å². The van der Waals surface area contributed by atoms with Crippen LogP contribution in [0.25, 0.3) is 6.08 Å². The molecule has 0 fully saturated rings. The summed E-state index contributed by atoms with van der Waals surface area (Å²) < 4.78 is 0. The number of hydrogen-bond donors (Lipinski definition) is 0. The molecule has 0 N–H and O–H groups in total. The van der Waals surface area contributed by atoms with E-state index < -0.39 is 0 Å². The molecular formula is C9H9BrMg. The third-order valence-corrected chi connectivity index (χ3v) is 1.11. The van der Waals surface area contributed by atoms with Gasteiger partial charge in [-0.05, 0) is 0 Å². The van der Waals surface area contributed by atoms with Gasteiger partial charge in [-0.25, -0.2) is 19.1 Å². The fourth-order valence-electron chi connectivity index (χ4n) is 0.700. The van der Waals surface area contributed by atoms with Crippen molar-refractivity contribution in [3.8, 4) is 0 Å². The molecule has 0 saturated carbocycles. The molecule has 0 nitrogen and oxygen atoms in total. The van der Waals surface area contributed by atoms with Gasteiger partial charge in [0, 0.05) is 0 Å². The minimum absolute atomic E-state index is 0. The van der Waals surface area contributed by atoms with Crippen molar-refractivity contribution in [2.45, 2.75) is 0 Å². The van der Waals surface area contributed by atoms with Gasteiger partial charge in [0.2, 0.25) is 0 Å². The maximum absolute atomic E-state index is 3.60. The van der Waals surface area contributed by atoms with Gasteiger partial charge in [-0.15, -0.1) is 5.56 Å². The summed E-state index contributed by atoms with van der Waals surface area (Å²) in [5, 5.41) is 0. The van der Waals surface area contributed by atoms with E-state index in [1.54, 1.807) is 6.08 Å². The Morgan fingerprint density at radius 1 is 1.09 bits per heavy atom. The van der Waals surface area contributed by atoms with Crippen molar-refractivity contribution in [3.63, 3.8) is 0 Å². The van der Waals surface area contributed by atoms with Gasteiger partial charge >= 0.3 is 23.1 Å². The molecule has 1 aromatic carbocycles. The quantitative estimate of drug-likeness (QED) is 0.428. The monoisotopic (exact) mass is 220 g/mol. The average Bonchev–Trinajstić information content (AvgIpc) is 1.91. The zero-order valence-corrected chi connectivity index (χ0v) is 9.33. The van der Waals surface area contributed by atoms with Crippen LogP contribution >= 0.6 is 0 Å². The van der Waals surface area contributed by atoms with E-state index in [4.69, 9.17) is 0 Å². The van der Waals surface area contributed by atoms with Crippen LogP contribution in [0.4, 0.5) is 0 Å². The Morgan fingerprint density at radius 2 is 1.64 bits per heavy atom. The van der Waals surface area contributed by atoms with Crippen molar-refractivity contribution in [2.75, 3.05) is 0 Å². The molecule has 0 radical (unpaired) electrons. The summed E-state index contributed by atoms with van der Waals surface area (Å²) in [6, 6.07) is 10.1. The fourth-order valence-corrected chi connectivity index (χ4v) is 0.700. The molecular weight excluding hydrogens is 212 g/mol. The second kappa shape index (κ2) is 8.18. The SMILES string of the molecule is [Br-].[CH2-]C=Cc1ccccc1.[Mg+2]. The summed E-state index contributed by atoms with van der Waals surface area (Å²) in [7, 11) is 0. The normalized spacial score (nSPS) is 8.36. The predicted octanol–water partition coefficient (Wildman–Crippen LogP) is -0.843. The summed E-state index contributed by atoms with van der Waals surface area (Å²) in [5.74, 6) is 0. The van der Waals surface area contributed by atoms with Crippen molar-refractivity contribution >= 4 is 29.1 Å². The van der Waals surface area contributed by atoms with Gasteiger partial charge in [0.15, 0.2) is 0 Å². The summed E-state index contributed by atoms with van der Waals surface area (Å²) in [6.45, 7) is 3.60. The fraction of sp³-hybridized carbons (Fsp3) is 0. The third-order valence-electron chi connectivity index (χ3n) is 1.11. The van der Waals surface area contributed by atoms with Crippen LogP contribution < -0.4 is 17.0 Å². The maximum atomic E-state index is 3.60. The van der Waals surface area contributed by atoms with E-state index in [1.807, 2.05) is 36.4 Å². The molecule has 0 bridgehead atoms. The Balaban J connectivity index is 0. The Kier molecular flexibility index (Phi) is 10.1. The molecule has 0 saturated heterocycles. The molecule has 11 heavy (non-hydrogen) atoms. The zero-order chi connectivity index (χ0) is 6.53. The summed E-state index contributed by atoms with van der Waals surface area (Å²) >= 11 is 0. The summed E-state index contributed by atoms with van der Waals surface area (Å²) in [5.41, 5.74) is 1.20. The van der Waals surface area contributed by atoms with E-state index in [0.717, 1.165) is 0 Å². The minimum Gasteiger partial charge on any atom is -1.00 e. The largest absolute Gasteiger partial charge is 2.00 e. The smallest absolute Gasteiger partial charge is 1.00 e. The van der Waals surface area contributed by atoms with Crippen molar-refractivity contribution < 1.29 is 17.0 Å². The molecule has 0 heterocycles. The van der Waals surface area contributed by atoms with Crippen LogP contribution in [0.5, 0.6) is 0 Å². The first-order valence-corrected chi connectivity index (χ1v) is 2.94. The van der Waals surface area contributed by atoms with Crippen LogP contribution in [0.1, 0.15) is 5.56 Å². The molecule has 0 atom stereocenters. The second-order valence-corrected chi connectivity index (χ2v) is 1.81. The summed E-state index contributed by atoms with van der Waals surface area (Å²) in [6.07, 6.45) is 3.76. The van der Waals surface area contributed by atoms with Gasteiger partial charge in [-0.3, -0.25) is 0 Å². The third kappa shape index (κ3) is 5.36. The Morgan fingerprint density at radius 3 is 2.09 bits per heavy atom. The van der Waals surface area contributed by atoms with Crippen LogP contribution in [-0.2, 0) is 0 Å². The molecule has 1 rings (SSSR count). The molecule has 0 unspecified atom stereocenters. The Labute approximate surface area is 94.6 Å². The van der Waals surface area contributed by atoms with E-state index in [-0.39, 0.29) is 40.0 Å². The molecule has 0 aromatic heterocycles. The first kappa shape index (κ1) is 13.7. The molecule has 0 amide bonds. The predicted molar refractivity (Wildman–Crippen MR) is 46.6 cm³/mol. The van der Waals surface area contributed by atoms with E-state index >= 15 is 0 Å². The minimum atomic E-state index is 0. The average molecular weight is 221 g/mol. The van der Waals surface area contributed by atoms with E-state index in [9.17, 15) is 0 Å². The number of benzene rings is 1. The van der Waals surface area contributed by atoms with Gasteiger partial charge < -0.3 is 17.0 Å². The van der Waals surface area contributed by atoms with Gasteiger partial charge in [0.25, 0.3) is 0 Å². The van der Waals surface area contributed by atoms with Crippen molar-refractivity contribution in [1.29, 1.82) is 0 Å². The summed E-state index contributed by atoms with van der Waals surface area (Å²) in [4.78, 5) is 0. The van der Waals surface area contributed by atoms with Crippen LogP contribution in [0.2, 0.25) is 0 Å². The number of rotatable bonds is 1. The first-order chi connectivity index (χ1) is 4.43. The number of hydrogen-bond acceptors (Lipinski definition) is 0. The molecule has 0 aliphatic rings. The van der Waals surface area contributed by atoms with Crippen LogP contribution in [0.15, 0.2) is 36.4 Å². The van der Waals surface area contributed by atoms with Crippen LogP contribution in [0.3, 0.4) is 0 Å². The van der Waals surface area contributed by atoms with Crippen molar-refractivity contribution in [3.05, 3.63) is 48.9 Å². The van der Waals surface area contributed by atoms with Crippen LogP contribution in [-0.4, -0.2) is 23.1 Å². The first-order valence-electron chi connectivity index (χ1n) is 2.94. The molecule has 54 valence electrons. The Bertz CT molecular complexity index is 194. The molecule has 0 aliphatic carbocycles. The van der Waals surface area contributed by atoms with Crippen LogP contribution in [0, 0.1) is 6.92 Å². The molecule has 0 spiro atoms. The molecule has 2 heteroatoms. The van der Waals surface area contributed by atoms with Gasteiger partial charge in [-0.1, -0.05) is 30.3 Å². The van der Waals surface area contributed by atoms with Gasteiger partial charge in [0.1, 0.15) is 0 Å². The van der Waals surface area contributed by atoms with Crippen molar-refractivity contribution in [2.24, 2.45) is 0 Å². The standard InChI is InChI=1S/C9H9.BrH.Mg/c1-2-6-9-7-4-3-5-8-9;;/h2-8H,1H2;1H;/q-1;;+2/p-1. The van der Waals surface area contributed by atoms with E-state index in [2.05, 4.69) is 6.92 Å². The maximum Gasteiger partial charge on any atom is 2.00 e. The van der Waals surface area contributed by atoms with Gasteiger partial charge in [0.05, 0.1) is 0 Å². The molecule has 0 aliphatic heterocycles.